The molecular weight excluding hydrogens is 588 g/mol. The Labute approximate surface area is 272 Å². The van der Waals surface area contributed by atoms with E-state index in [1.165, 1.54) is 0 Å². The fraction of sp³-hybridized carbons (Fsp3) is 0.556. The molecule has 250 valence electrons. The van der Waals surface area contributed by atoms with Gasteiger partial charge in [-0.25, -0.2) is 9.59 Å². The number of amides is 2. The SMILES string of the molecule is COCCC(CCC(CCOC)C(=O)N1CCC[C@@H]1C(=O)OCc1ccccc1)C(=O)N1CCC[C@@H]1C(=O)OCc1ccccc1. The van der Waals surface area contributed by atoms with Crippen LogP contribution in [0.4, 0.5) is 0 Å². The minimum absolute atomic E-state index is 0.113. The smallest absolute Gasteiger partial charge is 0.329 e. The maximum atomic E-state index is 13.9. The van der Waals surface area contributed by atoms with Gasteiger partial charge in [0, 0.05) is 52.4 Å². The molecule has 2 saturated heterocycles. The highest BCUT2D eigenvalue weighted by Crippen LogP contribution is 2.29. The summed E-state index contributed by atoms with van der Waals surface area (Å²) in [4.78, 5) is 57.2. The minimum atomic E-state index is -0.626. The fourth-order valence-electron chi connectivity index (χ4n) is 6.38. The lowest BCUT2D eigenvalue weighted by Gasteiger charge is -2.30. The number of ether oxygens (including phenoxy) is 4. The average molecular weight is 637 g/mol. The van der Waals surface area contributed by atoms with Crippen LogP contribution in [-0.4, -0.2) is 86.2 Å². The Bertz CT molecular complexity index is 1160. The van der Waals surface area contributed by atoms with Crippen LogP contribution in [0, 0.1) is 11.8 Å². The number of hydrogen-bond acceptors (Lipinski definition) is 8. The molecule has 2 fully saturated rings. The lowest BCUT2D eigenvalue weighted by atomic mass is 9.89. The van der Waals surface area contributed by atoms with Crippen molar-refractivity contribution < 1.29 is 38.1 Å². The van der Waals surface area contributed by atoms with Gasteiger partial charge in [-0.05, 0) is 62.5 Å². The van der Waals surface area contributed by atoms with Crippen molar-refractivity contribution in [1.82, 2.24) is 9.80 Å². The maximum Gasteiger partial charge on any atom is 0.329 e. The molecule has 10 nitrogen and oxygen atoms in total. The van der Waals surface area contributed by atoms with Crippen molar-refractivity contribution in [2.24, 2.45) is 11.8 Å². The Morgan fingerprint density at radius 2 is 1.02 bits per heavy atom. The standard InChI is InChI=1S/C36H48N2O8/c1-43-23-19-29(33(39)37-21-9-15-31(37)35(41)45-25-27-11-5-3-6-12-27)17-18-30(20-24-44-2)34(40)38-22-10-16-32(38)36(42)46-26-28-13-7-4-8-14-28/h3-8,11-14,29-32H,9-10,15-26H2,1-2H3/t29?,30?,31-,32-/m1/s1. The van der Waals surface area contributed by atoms with E-state index in [1.54, 1.807) is 24.0 Å². The van der Waals surface area contributed by atoms with E-state index in [9.17, 15) is 19.2 Å². The van der Waals surface area contributed by atoms with Crippen LogP contribution in [0.5, 0.6) is 0 Å². The average Bonchev–Trinajstić information content (AvgIpc) is 3.79. The van der Waals surface area contributed by atoms with Crippen molar-refractivity contribution in [3.8, 4) is 0 Å². The molecule has 10 heteroatoms. The van der Waals surface area contributed by atoms with Gasteiger partial charge < -0.3 is 28.7 Å². The second-order valence-electron chi connectivity index (χ2n) is 12.1. The highest BCUT2D eigenvalue weighted by atomic mass is 16.5. The number of hydrogen-bond donors (Lipinski definition) is 0. The molecule has 2 amide bonds. The molecule has 0 radical (unpaired) electrons. The Balaban J connectivity index is 1.38. The van der Waals surface area contributed by atoms with Crippen molar-refractivity contribution in [1.29, 1.82) is 0 Å². The summed E-state index contributed by atoms with van der Waals surface area (Å²) in [6.45, 7) is 2.05. The van der Waals surface area contributed by atoms with Gasteiger partial charge in [0.05, 0.1) is 0 Å². The molecule has 2 unspecified atom stereocenters. The first-order chi connectivity index (χ1) is 22.4. The summed E-state index contributed by atoms with van der Waals surface area (Å²) in [6, 6.07) is 17.7. The van der Waals surface area contributed by atoms with Gasteiger partial charge in [-0.1, -0.05) is 60.7 Å². The third kappa shape index (κ3) is 9.87. The van der Waals surface area contributed by atoms with E-state index in [0.29, 0.717) is 64.8 Å². The zero-order valence-electron chi connectivity index (χ0n) is 27.1. The molecule has 0 bridgehead atoms. The van der Waals surface area contributed by atoms with Crippen LogP contribution in [-0.2, 0) is 51.3 Å². The second kappa shape index (κ2) is 18.4. The Hall–Kier alpha value is -3.76. The lowest BCUT2D eigenvalue weighted by molar-refractivity contribution is -0.156. The highest BCUT2D eigenvalue weighted by molar-refractivity contribution is 5.87. The summed E-state index contributed by atoms with van der Waals surface area (Å²) in [5, 5.41) is 0. The van der Waals surface area contributed by atoms with Crippen molar-refractivity contribution in [2.45, 2.75) is 76.7 Å². The largest absolute Gasteiger partial charge is 0.459 e. The zero-order valence-corrected chi connectivity index (χ0v) is 27.1. The van der Waals surface area contributed by atoms with Crippen molar-refractivity contribution in [2.75, 3.05) is 40.5 Å². The van der Waals surface area contributed by atoms with Gasteiger partial charge in [-0.2, -0.15) is 0 Å². The first-order valence-corrected chi connectivity index (χ1v) is 16.4. The first-order valence-electron chi connectivity index (χ1n) is 16.4. The molecular formula is C36H48N2O8. The monoisotopic (exact) mass is 636 g/mol. The molecule has 4 rings (SSSR count). The lowest BCUT2D eigenvalue weighted by Crippen LogP contribution is -2.45. The molecule has 0 aliphatic carbocycles. The highest BCUT2D eigenvalue weighted by Gasteiger charge is 2.40. The topological polar surface area (TPSA) is 112 Å². The van der Waals surface area contributed by atoms with Gasteiger partial charge in [0.15, 0.2) is 0 Å². The summed E-state index contributed by atoms with van der Waals surface area (Å²) >= 11 is 0. The van der Waals surface area contributed by atoms with Gasteiger partial charge in [-0.3, -0.25) is 9.59 Å². The van der Waals surface area contributed by atoms with Crippen LogP contribution in [0.1, 0.15) is 62.5 Å². The molecule has 0 spiro atoms. The molecule has 2 aromatic rings. The molecule has 2 aliphatic heterocycles. The normalized spacial score (nSPS) is 19.1. The van der Waals surface area contributed by atoms with Crippen LogP contribution >= 0.6 is 0 Å². The van der Waals surface area contributed by atoms with Crippen LogP contribution in [0.3, 0.4) is 0 Å². The van der Waals surface area contributed by atoms with Gasteiger partial charge in [0.2, 0.25) is 11.8 Å². The molecule has 0 saturated carbocycles. The zero-order chi connectivity index (χ0) is 32.7. The fourth-order valence-corrected chi connectivity index (χ4v) is 6.38. The summed E-state index contributed by atoms with van der Waals surface area (Å²) in [5.41, 5.74) is 1.78. The van der Waals surface area contributed by atoms with Gasteiger partial charge in [-0.15, -0.1) is 0 Å². The molecule has 2 aliphatic rings. The maximum absolute atomic E-state index is 13.9. The van der Waals surface area contributed by atoms with E-state index in [4.69, 9.17) is 18.9 Å². The molecule has 46 heavy (non-hydrogen) atoms. The van der Waals surface area contributed by atoms with Crippen molar-refractivity contribution in [3.63, 3.8) is 0 Å². The summed E-state index contributed by atoms with van der Waals surface area (Å²) < 4.78 is 21.9. The van der Waals surface area contributed by atoms with E-state index in [0.717, 1.165) is 24.0 Å². The minimum Gasteiger partial charge on any atom is -0.459 e. The number of nitrogens with zero attached hydrogens (tertiary/aromatic N) is 2. The molecule has 0 N–H and O–H groups in total. The Morgan fingerprint density at radius 3 is 1.39 bits per heavy atom. The molecule has 0 aromatic heterocycles. The number of methoxy groups -OCH3 is 2. The summed E-state index contributed by atoms with van der Waals surface area (Å²) in [5.74, 6) is -1.87. The van der Waals surface area contributed by atoms with Crippen LogP contribution in [0.2, 0.25) is 0 Å². The number of benzene rings is 2. The van der Waals surface area contributed by atoms with E-state index in [1.807, 2.05) is 60.7 Å². The van der Waals surface area contributed by atoms with E-state index < -0.39 is 35.9 Å². The first kappa shape index (κ1) is 35.1. The third-order valence-electron chi connectivity index (χ3n) is 8.97. The van der Waals surface area contributed by atoms with E-state index in [2.05, 4.69) is 0 Å². The van der Waals surface area contributed by atoms with Crippen molar-refractivity contribution >= 4 is 23.8 Å². The number of esters is 2. The Morgan fingerprint density at radius 1 is 0.630 bits per heavy atom. The molecule has 2 aromatic carbocycles. The summed E-state index contributed by atoms with van der Waals surface area (Å²) in [6.07, 6.45) is 4.40. The van der Waals surface area contributed by atoms with Crippen LogP contribution in [0.25, 0.3) is 0 Å². The second-order valence-corrected chi connectivity index (χ2v) is 12.1. The van der Waals surface area contributed by atoms with E-state index >= 15 is 0 Å². The summed E-state index contributed by atoms with van der Waals surface area (Å²) in [7, 11) is 3.19. The predicted octanol–water partition coefficient (Wildman–Crippen LogP) is 4.54. The number of carbonyl (C=O) groups excluding carboxylic acids is 4. The van der Waals surface area contributed by atoms with Crippen LogP contribution < -0.4 is 0 Å². The number of carbonyl (C=O) groups is 4. The van der Waals surface area contributed by atoms with Gasteiger partial charge in [0.25, 0.3) is 0 Å². The number of likely N-dealkylation sites (tertiary alicyclic amines) is 2. The van der Waals surface area contributed by atoms with Crippen LogP contribution in [0.15, 0.2) is 60.7 Å². The van der Waals surface area contributed by atoms with Gasteiger partial charge in [0.1, 0.15) is 25.3 Å². The number of rotatable bonds is 17. The van der Waals surface area contributed by atoms with Crippen molar-refractivity contribution in [3.05, 3.63) is 71.8 Å². The predicted molar refractivity (Wildman–Crippen MR) is 171 cm³/mol. The quantitative estimate of drug-likeness (QED) is 0.233. The third-order valence-corrected chi connectivity index (χ3v) is 8.97. The Kier molecular flexibility index (Phi) is 14.0. The van der Waals surface area contributed by atoms with E-state index in [-0.39, 0.29) is 25.0 Å². The molecule has 4 atom stereocenters. The molecule has 2 heterocycles. The van der Waals surface area contributed by atoms with Gasteiger partial charge >= 0.3 is 11.9 Å².